The number of hydrogen-bond donors (Lipinski definition) is 1. The molecule has 0 unspecified atom stereocenters. The van der Waals surface area contributed by atoms with E-state index in [1.54, 1.807) is 6.20 Å². The van der Waals surface area contributed by atoms with Gasteiger partial charge in [-0.2, -0.15) is 0 Å². The molecule has 0 radical (unpaired) electrons. The molecule has 0 aliphatic heterocycles. The van der Waals surface area contributed by atoms with Gasteiger partial charge >= 0.3 is 0 Å². The minimum absolute atomic E-state index is 0.544. The lowest BCUT2D eigenvalue weighted by Gasteiger charge is -2.08. The highest BCUT2D eigenvalue weighted by Crippen LogP contribution is 2.16. The normalized spacial score (nSPS) is 10.8. The molecule has 0 aliphatic rings. The Labute approximate surface area is 135 Å². The van der Waals surface area contributed by atoms with E-state index in [0.717, 1.165) is 22.7 Å². The van der Waals surface area contributed by atoms with Crippen LogP contribution in [0.15, 0.2) is 48.8 Å². The molecule has 0 spiro atoms. The number of pyridine rings is 1. The highest BCUT2D eigenvalue weighted by Gasteiger charge is 2.06. The summed E-state index contributed by atoms with van der Waals surface area (Å²) < 4.78 is 13.1. The van der Waals surface area contributed by atoms with Crippen molar-refractivity contribution in [2.45, 2.75) is 0 Å². The van der Waals surface area contributed by atoms with Crippen LogP contribution in [0.4, 0.5) is 5.95 Å². The SMILES string of the molecule is Cn1c(NCCOCCOc2ccccc2)nc2ccncc21. The van der Waals surface area contributed by atoms with E-state index in [-0.39, 0.29) is 0 Å². The largest absolute Gasteiger partial charge is 0.491 e. The maximum Gasteiger partial charge on any atom is 0.203 e. The van der Waals surface area contributed by atoms with Crippen molar-refractivity contribution in [3.05, 3.63) is 48.8 Å². The molecule has 0 aliphatic carbocycles. The molecule has 120 valence electrons. The van der Waals surface area contributed by atoms with Gasteiger partial charge in [0.15, 0.2) is 0 Å². The number of rotatable bonds is 8. The molecule has 2 aromatic heterocycles. The summed E-state index contributed by atoms with van der Waals surface area (Å²) in [6, 6.07) is 11.6. The number of hydrogen-bond acceptors (Lipinski definition) is 5. The van der Waals surface area contributed by atoms with Crippen LogP contribution in [0.3, 0.4) is 0 Å². The zero-order chi connectivity index (χ0) is 15.9. The first kappa shape index (κ1) is 15.3. The first-order valence-corrected chi connectivity index (χ1v) is 7.60. The first-order valence-electron chi connectivity index (χ1n) is 7.60. The number of aromatic nitrogens is 3. The lowest BCUT2D eigenvalue weighted by Crippen LogP contribution is -2.15. The van der Waals surface area contributed by atoms with Crippen LogP contribution in [0.25, 0.3) is 11.0 Å². The van der Waals surface area contributed by atoms with E-state index in [2.05, 4.69) is 15.3 Å². The van der Waals surface area contributed by atoms with Gasteiger partial charge in [0.05, 0.1) is 30.4 Å². The third-order valence-electron chi connectivity index (χ3n) is 3.45. The predicted molar refractivity (Wildman–Crippen MR) is 89.8 cm³/mol. The lowest BCUT2D eigenvalue weighted by molar-refractivity contribution is 0.107. The predicted octanol–water partition coefficient (Wildman–Crippen LogP) is 2.48. The van der Waals surface area contributed by atoms with Crippen molar-refractivity contribution in [1.29, 1.82) is 0 Å². The van der Waals surface area contributed by atoms with Crippen LogP contribution in [0.1, 0.15) is 0 Å². The highest BCUT2D eigenvalue weighted by atomic mass is 16.5. The van der Waals surface area contributed by atoms with E-state index < -0.39 is 0 Å². The van der Waals surface area contributed by atoms with Crippen molar-refractivity contribution in [3.8, 4) is 5.75 Å². The Bertz CT molecular complexity index is 743. The quantitative estimate of drug-likeness (QED) is 0.648. The molecule has 0 saturated heterocycles. The Morgan fingerprint density at radius 3 is 2.78 bits per heavy atom. The van der Waals surface area contributed by atoms with Crippen LogP contribution in [0, 0.1) is 0 Å². The van der Waals surface area contributed by atoms with Crippen molar-refractivity contribution in [2.75, 3.05) is 31.7 Å². The molecule has 0 fully saturated rings. The number of nitrogens with one attached hydrogen (secondary N) is 1. The van der Waals surface area contributed by atoms with Crippen LogP contribution in [-0.4, -0.2) is 40.9 Å². The standard InChI is InChI=1S/C17H20N4O2/c1-21-16-13-18-8-7-15(16)20-17(21)19-9-10-22-11-12-23-14-5-3-2-4-6-14/h2-8,13H,9-12H2,1H3,(H,19,20). The van der Waals surface area contributed by atoms with E-state index in [0.29, 0.717) is 26.4 Å². The number of nitrogens with zero attached hydrogens (tertiary/aromatic N) is 3. The molecule has 6 heteroatoms. The van der Waals surface area contributed by atoms with Crippen LogP contribution in [-0.2, 0) is 11.8 Å². The fourth-order valence-corrected chi connectivity index (χ4v) is 2.27. The maximum absolute atomic E-state index is 5.56. The summed E-state index contributed by atoms with van der Waals surface area (Å²) in [6.07, 6.45) is 3.56. The molecular formula is C17H20N4O2. The van der Waals surface area contributed by atoms with Gasteiger partial charge < -0.3 is 19.4 Å². The number of imidazole rings is 1. The summed E-state index contributed by atoms with van der Waals surface area (Å²) in [4.78, 5) is 8.63. The van der Waals surface area contributed by atoms with Gasteiger partial charge in [-0.3, -0.25) is 4.98 Å². The molecule has 0 atom stereocenters. The molecule has 0 amide bonds. The second-order valence-electron chi connectivity index (χ2n) is 5.06. The van der Waals surface area contributed by atoms with Crippen molar-refractivity contribution < 1.29 is 9.47 Å². The van der Waals surface area contributed by atoms with Gasteiger partial charge in [0, 0.05) is 19.8 Å². The van der Waals surface area contributed by atoms with Gasteiger partial charge in [0.2, 0.25) is 5.95 Å². The van der Waals surface area contributed by atoms with Crippen LogP contribution in [0.5, 0.6) is 5.75 Å². The number of para-hydroxylation sites is 1. The molecule has 0 bridgehead atoms. The lowest BCUT2D eigenvalue weighted by atomic mass is 10.3. The van der Waals surface area contributed by atoms with Crippen LogP contribution < -0.4 is 10.1 Å². The summed E-state index contributed by atoms with van der Waals surface area (Å²) in [5.74, 6) is 1.68. The summed E-state index contributed by atoms with van der Waals surface area (Å²) in [7, 11) is 1.97. The van der Waals surface area contributed by atoms with Gasteiger partial charge in [-0.1, -0.05) is 18.2 Å². The average Bonchev–Trinajstić information content (AvgIpc) is 2.91. The van der Waals surface area contributed by atoms with Gasteiger partial charge in [-0.15, -0.1) is 0 Å². The minimum Gasteiger partial charge on any atom is -0.491 e. The van der Waals surface area contributed by atoms with Gasteiger partial charge in [-0.05, 0) is 18.2 Å². The Kier molecular flexibility index (Phi) is 5.06. The van der Waals surface area contributed by atoms with Gasteiger partial charge in [0.1, 0.15) is 12.4 Å². The van der Waals surface area contributed by atoms with E-state index in [9.17, 15) is 0 Å². The van der Waals surface area contributed by atoms with E-state index in [1.807, 2.05) is 54.2 Å². The van der Waals surface area contributed by atoms with E-state index >= 15 is 0 Å². The number of ether oxygens (including phenoxy) is 2. The Morgan fingerprint density at radius 2 is 1.96 bits per heavy atom. The Hall–Kier alpha value is -2.60. The summed E-state index contributed by atoms with van der Waals surface area (Å²) >= 11 is 0. The fourth-order valence-electron chi connectivity index (χ4n) is 2.27. The third-order valence-corrected chi connectivity index (χ3v) is 3.45. The smallest absolute Gasteiger partial charge is 0.203 e. The summed E-state index contributed by atoms with van der Waals surface area (Å²) in [5.41, 5.74) is 1.94. The maximum atomic E-state index is 5.56. The molecule has 3 aromatic rings. The number of benzene rings is 1. The Morgan fingerprint density at radius 1 is 1.09 bits per heavy atom. The van der Waals surface area contributed by atoms with Crippen molar-refractivity contribution >= 4 is 17.0 Å². The molecule has 1 N–H and O–H groups in total. The average molecular weight is 312 g/mol. The summed E-state index contributed by atoms with van der Waals surface area (Å²) in [6.45, 7) is 2.39. The van der Waals surface area contributed by atoms with Crippen molar-refractivity contribution in [3.63, 3.8) is 0 Å². The Balaban J connectivity index is 1.36. The topological polar surface area (TPSA) is 61.2 Å². The van der Waals surface area contributed by atoms with Gasteiger partial charge in [0.25, 0.3) is 0 Å². The molecule has 6 nitrogen and oxygen atoms in total. The van der Waals surface area contributed by atoms with E-state index in [1.165, 1.54) is 0 Å². The zero-order valence-corrected chi connectivity index (χ0v) is 13.1. The van der Waals surface area contributed by atoms with Crippen LogP contribution >= 0.6 is 0 Å². The number of fused-ring (bicyclic) bond motifs is 1. The second kappa shape index (κ2) is 7.60. The fraction of sp³-hybridized carbons (Fsp3) is 0.294. The number of anilines is 1. The monoisotopic (exact) mass is 312 g/mol. The number of aryl methyl sites for hydroxylation is 1. The molecule has 3 rings (SSSR count). The minimum atomic E-state index is 0.544. The summed E-state index contributed by atoms with van der Waals surface area (Å²) in [5, 5.41) is 3.27. The van der Waals surface area contributed by atoms with Gasteiger partial charge in [-0.25, -0.2) is 4.98 Å². The van der Waals surface area contributed by atoms with Crippen LogP contribution in [0.2, 0.25) is 0 Å². The zero-order valence-electron chi connectivity index (χ0n) is 13.1. The third kappa shape index (κ3) is 3.98. The first-order chi connectivity index (χ1) is 11.3. The molecule has 1 aromatic carbocycles. The molecule has 2 heterocycles. The van der Waals surface area contributed by atoms with E-state index in [4.69, 9.17) is 9.47 Å². The second-order valence-corrected chi connectivity index (χ2v) is 5.06. The highest BCUT2D eigenvalue weighted by molar-refractivity contribution is 5.77. The molecular weight excluding hydrogens is 292 g/mol. The van der Waals surface area contributed by atoms with Crippen molar-refractivity contribution in [1.82, 2.24) is 14.5 Å². The molecule has 23 heavy (non-hydrogen) atoms. The van der Waals surface area contributed by atoms with Crippen molar-refractivity contribution in [2.24, 2.45) is 7.05 Å². The molecule has 0 saturated carbocycles.